The van der Waals surface area contributed by atoms with E-state index in [4.69, 9.17) is 10.5 Å². The molecule has 0 amide bonds. The molecule has 0 atom stereocenters. The summed E-state index contributed by atoms with van der Waals surface area (Å²) >= 11 is 0. The molecule has 1 heterocycles. The van der Waals surface area contributed by atoms with Crippen molar-refractivity contribution in [3.05, 3.63) is 29.7 Å². The summed E-state index contributed by atoms with van der Waals surface area (Å²) in [6, 6.07) is 1.88. The summed E-state index contributed by atoms with van der Waals surface area (Å²) in [7, 11) is 1.84. The van der Waals surface area contributed by atoms with Crippen LogP contribution >= 0.6 is 0 Å². The lowest BCUT2D eigenvalue weighted by Crippen LogP contribution is -2.27. The van der Waals surface area contributed by atoms with Crippen LogP contribution in [-0.4, -0.2) is 22.4 Å². The third-order valence-corrected chi connectivity index (χ3v) is 2.64. The average Bonchev–Trinajstić information content (AvgIpc) is 2.65. The number of hydrogen-bond acceptors (Lipinski definition) is 4. The highest BCUT2D eigenvalue weighted by Crippen LogP contribution is 2.26. The topological polar surface area (TPSA) is 70.1 Å². The van der Waals surface area contributed by atoms with Gasteiger partial charge >= 0.3 is 5.97 Å². The van der Waals surface area contributed by atoms with Crippen LogP contribution in [0.5, 0.6) is 0 Å². The number of nitrogens with two attached hydrogens (primary N) is 1. The predicted molar refractivity (Wildman–Crippen MR) is 65.1 cm³/mol. The summed E-state index contributed by atoms with van der Waals surface area (Å²) in [6.07, 6.45) is 3.16. The third-order valence-electron chi connectivity index (χ3n) is 2.64. The van der Waals surface area contributed by atoms with E-state index in [1.165, 1.54) is 6.08 Å². The number of rotatable bonds is 4. The van der Waals surface area contributed by atoms with E-state index in [-0.39, 0.29) is 0 Å². The molecule has 1 aromatic heterocycles. The molecular weight excluding hydrogens is 218 g/mol. The van der Waals surface area contributed by atoms with Crippen LogP contribution in [0.15, 0.2) is 24.0 Å². The van der Waals surface area contributed by atoms with Crippen LogP contribution in [0.3, 0.4) is 0 Å². The van der Waals surface area contributed by atoms with Crippen molar-refractivity contribution >= 4 is 5.97 Å². The van der Waals surface area contributed by atoms with Gasteiger partial charge in [0.2, 0.25) is 0 Å². The van der Waals surface area contributed by atoms with Crippen molar-refractivity contribution in [2.75, 3.05) is 6.61 Å². The smallest absolute Gasteiger partial charge is 0.332 e. The maximum absolute atomic E-state index is 11.3. The first-order valence-electron chi connectivity index (χ1n) is 5.52. The number of esters is 1. The zero-order valence-corrected chi connectivity index (χ0v) is 10.7. The van der Waals surface area contributed by atoms with Gasteiger partial charge in [-0.25, -0.2) is 4.79 Å². The molecule has 94 valence electrons. The van der Waals surface area contributed by atoms with Gasteiger partial charge in [0.15, 0.2) is 0 Å². The molecule has 0 aliphatic rings. The predicted octanol–water partition coefficient (Wildman–Crippen LogP) is 1.10. The van der Waals surface area contributed by atoms with E-state index in [2.05, 4.69) is 5.10 Å². The number of aromatic nitrogens is 2. The maximum atomic E-state index is 11.3. The minimum atomic E-state index is -0.492. The van der Waals surface area contributed by atoms with Gasteiger partial charge in [0.05, 0.1) is 12.3 Å². The normalized spacial score (nSPS) is 12.6. The molecule has 0 aromatic carbocycles. The van der Waals surface area contributed by atoms with E-state index >= 15 is 0 Å². The molecule has 0 spiro atoms. The molecule has 5 nitrogen and oxygen atoms in total. The Morgan fingerprint density at radius 1 is 1.65 bits per heavy atom. The third kappa shape index (κ3) is 3.09. The number of carbonyl (C=O) groups excluding carboxylic acids is 1. The fourth-order valence-corrected chi connectivity index (χ4v) is 1.39. The van der Waals surface area contributed by atoms with Crippen molar-refractivity contribution in [1.82, 2.24) is 9.78 Å². The molecule has 0 saturated carbocycles. The van der Waals surface area contributed by atoms with Crippen LogP contribution in [0.25, 0.3) is 0 Å². The molecule has 5 heteroatoms. The lowest BCUT2D eigenvalue weighted by molar-refractivity contribution is -0.137. The van der Waals surface area contributed by atoms with Gasteiger partial charge in [-0.2, -0.15) is 5.10 Å². The molecule has 0 radical (unpaired) electrons. The fraction of sp³-hybridized carbons (Fsp3) is 0.500. The Bertz CT molecular complexity index is 433. The van der Waals surface area contributed by atoms with Crippen molar-refractivity contribution in [2.24, 2.45) is 12.8 Å². The highest BCUT2D eigenvalue weighted by atomic mass is 16.5. The first-order valence-corrected chi connectivity index (χ1v) is 5.52. The summed E-state index contributed by atoms with van der Waals surface area (Å²) in [4.78, 5) is 11.3. The number of allylic oxidation sites excluding steroid dienone is 1. The van der Waals surface area contributed by atoms with Crippen LogP contribution < -0.4 is 5.73 Å². The molecule has 0 bridgehead atoms. The number of hydrogen-bond donors (Lipinski definition) is 1. The number of aryl methyl sites for hydroxylation is 1. The van der Waals surface area contributed by atoms with Gasteiger partial charge in [-0.1, -0.05) is 0 Å². The van der Waals surface area contributed by atoms with Gasteiger partial charge in [0.1, 0.15) is 0 Å². The van der Waals surface area contributed by atoms with Crippen molar-refractivity contribution in [1.29, 1.82) is 0 Å². The van der Waals surface area contributed by atoms with Crippen LogP contribution in [-0.2, 0) is 22.0 Å². The van der Waals surface area contributed by atoms with Crippen LogP contribution in [0, 0.1) is 0 Å². The van der Waals surface area contributed by atoms with Crippen LogP contribution in [0.2, 0.25) is 0 Å². The molecular formula is C12H19N3O2. The van der Waals surface area contributed by atoms with Gasteiger partial charge in [-0.05, 0) is 26.8 Å². The Hall–Kier alpha value is -1.78. The minimum absolute atomic E-state index is 0.340. The Balaban J connectivity index is 2.93. The van der Waals surface area contributed by atoms with Gasteiger partial charge in [-0.15, -0.1) is 0 Å². The van der Waals surface area contributed by atoms with E-state index < -0.39 is 11.4 Å². The van der Waals surface area contributed by atoms with Crippen molar-refractivity contribution in [3.8, 4) is 0 Å². The molecule has 2 N–H and O–H groups in total. The SMILES string of the molecule is CCOC(=O)/C=C(\N)C(C)(C)c1ccn(C)n1. The molecule has 1 aromatic rings. The molecule has 1 rings (SSSR count). The standard InChI is InChI=1S/C12H19N3O2/c1-5-17-11(16)8-9(13)12(2,3)10-6-7-15(4)14-10/h6-8H,5,13H2,1-4H3/b9-8-. The zero-order chi connectivity index (χ0) is 13.1. The largest absolute Gasteiger partial charge is 0.463 e. The number of ether oxygens (including phenoxy) is 1. The van der Waals surface area contributed by atoms with E-state index in [9.17, 15) is 4.79 Å². The van der Waals surface area contributed by atoms with E-state index in [1.807, 2.05) is 33.2 Å². The Labute approximate surface area is 101 Å². The monoisotopic (exact) mass is 237 g/mol. The highest BCUT2D eigenvalue weighted by molar-refractivity contribution is 5.83. The molecule has 0 aliphatic carbocycles. The quantitative estimate of drug-likeness (QED) is 0.629. The van der Waals surface area contributed by atoms with E-state index in [1.54, 1.807) is 11.6 Å². The summed E-state index contributed by atoms with van der Waals surface area (Å²) in [5.74, 6) is -0.422. The van der Waals surface area contributed by atoms with E-state index in [0.717, 1.165) is 5.69 Å². The summed E-state index contributed by atoms with van der Waals surface area (Å²) in [5, 5.41) is 4.30. The molecule has 17 heavy (non-hydrogen) atoms. The second-order valence-corrected chi connectivity index (χ2v) is 4.35. The average molecular weight is 237 g/mol. The van der Waals surface area contributed by atoms with Crippen LogP contribution in [0.1, 0.15) is 26.5 Å². The Kier molecular flexibility index (Phi) is 3.93. The lowest BCUT2D eigenvalue weighted by Gasteiger charge is -2.22. The highest BCUT2D eigenvalue weighted by Gasteiger charge is 2.27. The number of carbonyl (C=O) groups is 1. The summed E-state index contributed by atoms with van der Waals surface area (Å²) in [5.41, 5.74) is 6.70. The van der Waals surface area contributed by atoms with E-state index in [0.29, 0.717) is 12.3 Å². The molecule has 0 saturated heterocycles. The zero-order valence-electron chi connectivity index (χ0n) is 10.7. The van der Waals surface area contributed by atoms with Gasteiger partial charge in [0.25, 0.3) is 0 Å². The lowest BCUT2D eigenvalue weighted by atomic mass is 9.85. The van der Waals surface area contributed by atoms with Crippen molar-refractivity contribution in [3.63, 3.8) is 0 Å². The molecule has 0 aliphatic heterocycles. The Morgan fingerprint density at radius 3 is 2.76 bits per heavy atom. The number of nitrogens with zero attached hydrogens (tertiary/aromatic N) is 2. The van der Waals surface area contributed by atoms with Gasteiger partial charge in [-0.3, -0.25) is 4.68 Å². The summed E-state index contributed by atoms with van der Waals surface area (Å²) < 4.78 is 6.53. The maximum Gasteiger partial charge on any atom is 0.332 e. The molecule has 0 unspecified atom stereocenters. The van der Waals surface area contributed by atoms with Crippen molar-refractivity contribution < 1.29 is 9.53 Å². The van der Waals surface area contributed by atoms with Crippen molar-refractivity contribution in [2.45, 2.75) is 26.2 Å². The van der Waals surface area contributed by atoms with Crippen LogP contribution in [0.4, 0.5) is 0 Å². The van der Waals surface area contributed by atoms with Gasteiger partial charge < -0.3 is 10.5 Å². The molecule has 0 fully saturated rings. The first kappa shape index (κ1) is 13.3. The first-order chi connectivity index (χ1) is 7.87. The second kappa shape index (κ2) is 5.03. The minimum Gasteiger partial charge on any atom is -0.463 e. The second-order valence-electron chi connectivity index (χ2n) is 4.35. The fourth-order valence-electron chi connectivity index (χ4n) is 1.39. The Morgan fingerprint density at radius 2 is 2.29 bits per heavy atom. The summed E-state index contributed by atoms with van der Waals surface area (Å²) in [6.45, 7) is 5.93. The van der Waals surface area contributed by atoms with Gasteiger partial charge in [0, 0.05) is 30.4 Å².